The number of aliphatic hydroxyl groups is 2. The first-order valence-electron chi connectivity index (χ1n) is 9.12. The van der Waals surface area contributed by atoms with Crippen LogP contribution in [0, 0.1) is 11.8 Å². The smallest absolute Gasteiger partial charge is 0.147 e. The van der Waals surface area contributed by atoms with Gasteiger partial charge in [0.05, 0.1) is 24.9 Å². The van der Waals surface area contributed by atoms with Crippen molar-refractivity contribution >= 4 is 0 Å². The molecule has 0 aliphatic carbocycles. The van der Waals surface area contributed by atoms with E-state index in [0.717, 1.165) is 5.56 Å². The largest absolute Gasteiger partial charge is 0.393 e. The molecule has 152 valence electrons. The summed E-state index contributed by atoms with van der Waals surface area (Å²) in [6.07, 6.45) is -0.188. The zero-order valence-corrected chi connectivity index (χ0v) is 16.5. The van der Waals surface area contributed by atoms with Gasteiger partial charge in [-0.1, -0.05) is 42.2 Å². The molecule has 0 aliphatic heterocycles. The Morgan fingerprint density at radius 3 is 2.52 bits per heavy atom. The molecule has 6 heteroatoms. The van der Waals surface area contributed by atoms with Crippen LogP contribution in [0.15, 0.2) is 30.3 Å². The Kier molecular flexibility index (Phi) is 11.9. The molecule has 1 aromatic rings. The summed E-state index contributed by atoms with van der Waals surface area (Å²) >= 11 is 0. The molecule has 3 atom stereocenters. The minimum absolute atomic E-state index is 0.152. The highest BCUT2D eigenvalue weighted by molar-refractivity contribution is 5.13. The lowest BCUT2D eigenvalue weighted by molar-refractivity contribution is -0.138. The second-order valence-corrected chi connectivity index (χ2v) is 6.71. The summed E-state index contributed by atoms with van der Waals surface area (Å²) in [5.74, 6) is 5.67. The number of hydrogen-bond donors (Lipinski definition) is 2. The van der Waals surface area contributed by atoms with Gasteiger partial charge in [-0.2, -0.15) is 0 Å². The Labute approximate surface area is 162 Å². The van der Waals surface area contributed by atoms with Gasteiger partial charge in [0, 0.05) is 26.4 Å². The van der Waals surface area contributed by atoms with Gasteiger partial charge in [0.2, 0.25) is 0 Å². The fourth-order valence-corrected chi connectivity index (χ4v) is 2.29. The molecule has 0 saturated carbocycles. The summed E-state index contributed by atoms with van der Waals surface area (Å²) in [6, 6.07) is 9.91. The van der Waals surface area contributed by atoms with E-state index in [-0.39, 0.29) is 20.0 Å². The van der Waals surface area contributed by atoms with Gasteiger partial charge in [0.15, 0.2) is 0 Å². The third-order valence-corrected chi connectivity index (χ3v) is 3.87. The van der Waals surface area contributed by atoms with E-state index in [1.165, 1.54) is 0 Å². The second kappa shape index (κ2) is 13.7. The van der Waals surface area contributed by atoms with Crippen molar-refractivity contribution in [1.29, 1.82) is 0 Å². The third-order valence-electron chi connectivity index (χ3n) is 3.87. The Morgan fingerprint density at radius 2 is 1.85 bits per heavy atom. The van der Waals surface area contributed by atoms with Crippen LogP contribution in [0.25, 0.3) is 0 Å². The Bertz CT molecular complexity index is 551. The number of benzene rings is 1. The number of ether oxygens (including phenoxy) is 4. The minimum atomic E-state index is -0.848. The molecular formula is C21H32O6. The quantitative estimate of drug-likeness (QED) is 0.311. The molecule has 0 spiro atoms. The van der Waals surface area contributed by atoms with Gasteiger partial charge >= 0.3 is 0 Å². The van der Waals surface area contributed by atoms with E-state index in [4.69, 9.17) is 18.9 Å². The molecule has 1 rings (SSSR count). The minimum Gasteiger partial charge on any atom is -0.393 e. The molecule has 0 aliphatic rings. The van der Waals surface area contributed by atoms with Gasteiger partial charge in [-0.25, -0.2) is 0 Å². The van der Waals surface area contributed by atoms with Crippen molar-refractivity contribution in [3.8, 4) is 11.8 Å². The molecule has 2 N–H and O–H groups in total. The molecule has 0 saturated heterocycles. The summed E-state index contributed by atoms with van der Waals surface area (Å²) in [5, 5.41) is 19.0. The van der Waals surface area contributed by atoms with Gasteiger partial charge in [-0.3, -0.25) is 0 Å². The van der Waals surface area contributed by atoms with Crippen LogP contribution in [0.1, 0.15) is 38.7 Å². The Morgan fingerprint density at radius 1 is 1.11 bits per heavy atom. The second-order valence-electron chi connectivity index (χ2n) is 6.71. The predicted octanol–water partition coefficient (Wildman–Crippen LogP) is 2.47. The van der Waals surface area contributed by atoms with Crippen molar-refractivity contribution < 1.29 is 29.2 Å². The molecule has 0 amide bonds. The van der Waals surface area contributed by atoms with E-state index in [1.807, 2.05) is 37.3 Å². The molecule has 0 heterocycles. The lowest BCUT2D eigenvalue weighted by atomic mass is 9.98. The Balaban J connectivity index is 2.33. The Hall–Kier alpha value is -1.46. The normalized spacial score (nSPS) is 15.4. The van der Waals surface area contributed by atoms with Gasteiger partial charge in [0.25, 0.3) is 0 Å². The zero-order valence-electron chi connectivity index (χ0n) is 16.5. The number of methoxy groups -OCH3 is 1. The highest BCUT2D eigenvalue weighted by Gasteiger charge is 2.24. The fourth-order valence-electron chi connectivity index (χ4n) is 2.29. The van der Waals surface area contributed by atoms with Crippen LogP contribution in [0.4, 0.5) is 0 Å². The number of hydrogen-bond acceptors (Lipinski definition) is 6. The van der Waals surface area contributed by atoms with E-state index >= 15 is 0 Å². The van der Waals surface area contributed by atoms with Gasteiger partial charge in [0.1, 0.15) is 19.7 Å². The summed E-state index contributed by atoms with van der Waals surface area (Å²) in [6.45, 7) is 4.86. The standard InChI is InChI=1S/C21H32O6/c1-18(22)14-20(23)10-7-11-21(2,27-16-24-3)12-13-25-17-26-15-19-8-5-4-6-9-19/h4-6,8-9,18,20,22-23H,11-17H2,1-3H3/t18-,20-,21+/m1/s1. The van der Waals surface area contributed by atoms with E-state index < -0.39 is 17.8 Å². The van der Waals surface area contributed by atoms with Crippen LogP contribution >= 0.6 is 0 Å². The van der Waals surface area contributed by atoms with Crippen molar-refractivity contribution in [2.45, 2.75) is 57.5 Å². The van der Waals surface area contributed by atoms with Crippen molar-refractivity contribution in [3.05, 3.63) is 35.9 Å². The first-order valence-corrected chi connectivity index (χ1v) is 9.12. The molecule has 0 fully saturated rings. The highest BCUT2D eigenvalue weighted by atomic mass is 16.7. The molecule has 0 radical (unpaired) electrons. The molecule has 27 heavy (non-hydrogen) atoms. The van der Waals surface area contributed by atoms with Crippen molar-refractivity contribution in [1.82, 2.24) is 0 Å². The number of aliphatic hydroxyl groups excluding tert-OH is 2. The molecular weight excluding hydrogens is 348 g/mol. The molecule has 1 aromatic carbocycles. The first kappa shape index (κ1) is 23.6. The lowest BCUT2D eigenvalue weighted by Gasteiger charge is -2.27. The molecule has 0 aromatic heterocycles. The van der Waals surface area contributed by atoms with Gasteiger partial charge < -0.3 is 29.2 Å². The summed E-state index contributed by atoms with van der Waals surface area (Å²) in [4.78, 5) is 0. The van der Waals surface area contributed by atoms with E-state index in [2.05, 4.69) is 11.8 Å². The molecule has 0 unspecified atom stereocenters. The van der Waals surface area contributed by atoms with Crippen LogP contribution in [-0.4, -0.2) is 55.3 Å². The fraction of sp³-hybridized carbons (Fsp3) is 0.619. The lowest BCUT2D eigenvalue weighted by Crippen LogP contribution is -2.31. The van der Waals surface area contributed by atoms with Crippen LogP contribution < -0.4 is 0 Å². The van der Waals surface area contributed by atoms with Crippen LogP contribution in [0.2, 0.25) is 0 Å². The van der Waals surface area contributed by atoms with Gasteiger partial charge in [-0.15, -0.1) is 0 Å². The maximum atomic E-state index is 9.72. The SMILES string of the molecule is COCO[C@@](C)(CC#C[C@@H](O)C[C@@H](C)O)CCOCOCc1ccccc1. The van der Waals surface area contributed by atoms with Crippen LogP contribution in [-0.2, 0) is 25.6 Å². The summed E-state index contributed by atoms with van der Waals surface area (Å²) in [7, 11) is 1.56. The third kappa shape index (κ3) is 11.8. The topological polar surface area (TPSA) is 77.4 Å². The van der Waals surface area contributed by atoms with E-state index in [0.29, 0.717) is 26.1 Å². The summed E-state index contributed by atoms with van der Waals surface area (Å²) in [5.41, 5.74) is 0.535. The molecule has 6 nitrogen and oxygen atoms in total. The highest BCUT2D eigenvalue weighted by Crippen LogP contribution is 2.20. The van der Waals surface area contributed by atoms with Crippen molar-refractivity contribution in [2.75, 3.05) is 27.3 Å². The van der Waals surface area contributed by atoms with Crippen molar-refractivity contribution in [3.63, 3.8) is 0 Å². The maximum Gasteiger partial charge on any atom is 0.147 e. The van der Waals surface area contributed by atoms with Crippen LogP contribution in [0.5, 0.6) is 0 Å². The van der Waals surface area contributed by atoms with Gasteiger partial charge in [-0.05, 0) is 19.4 Å². The first-order chi connectivity index (χ1) is 12.9. The average molecular weight is 380 g/mol. The average Bonchev–Trinajstić information content (AvgIpc) is 2.63. The van der Waals surface area contributed by atoms with E-state index in [1.54, 1.807) is 14.0 Å². The van der Waals surface area contributed by atoms with E-state index in [9.17, 15) is 10.2 Å². The molecule has 0 bridgehead atoms. The maximum absolute atomic E-state index is 9.72. The predicted molar refractivity (Wildman–Crippen MR) is 103 cm³/mol. The summed E-state index contributed by atoms with van der Waals surface area (Å²) < 4.78 is 21.8. The van der Waals surface area contributed by atoms with Crippen molar-refractivity contribution in [2.24, 2.45) is 0 Å². The van der Waals surface area contributed by atoms with Crippen LogP contribution in [0.3, 0.4) is 0 Å². The zero-order chi connectivity index (χ0) is 20.0. The monoisotopic (exact) mass is 380 g/mol. The number of rotatable bonds is 13.